The van der Waals surface area contributed by atoms with Crippen LogP contribution in [0.2, 0.25) is 0 Å². The van der Waals surface area contributed by atoms with Crippen LogP contribution in [0, 0.1) is 5.82 Å². The van der Waals surface area contributed by atoms with Gasteiger partial charge in [0.25, 0.3) is 0 Å². The van der Waals surface area contributed by atoms with Gasteiger partial charge in [0, 0.05) is 24.1 Å². The highest BCUT2D eigenvalue weighted by Crippen LogP contribution is 2.37. The van der Waals surface area contributed by atoms with Gasteiger partial charge in [0.1, 0.15) is 0 Å². The zero-order valence-electron chi connectivity index (χ0n) is 16.1. The normalized spacial score (nSPS) is 18.0. The lowest BCUT2D eigenvalue weighted by Crippen LogP contribution is -2.39. The number of fused-ring (bicyclic) bond motifs is 1. The number of hydrogen-bond acceptors (Lipinski definition) is 3. The molecule has 2 aromatic carbocycles. The van der Waals surface area contributed by atoms with Crippen LogP contribution in [0.5, 0.6) is 5.75 Å². The molecule has 4 rings (SSSR count). The van der Waals surface area contributed by atoms with Crippen molar-refractivity contribution in [2.45, 2.75) is 31.8 Å². The number of aromatic nitrogens is 2. The van der Waals surface area contributed by atoms with Gasteiger partial charge in [-0.1, -0.05) is 24.3 Å². The van der Waals surface area contributed by atoms with Crippen LogP contribution >= 0.6 is 0 Å². The lowest BCUT2D eigenvalue weighted by atomic mass is 9.84. The van der Waals surface area contributed by atoms with Crippen LogP contribution in [0.4, 0.5) is 14.9 Å². The molecule has 0 saturated carbocycles. The van der Waals surface area contributed by atoms with Crippen molar-refractivity contribution in [3.8, 4) is 5.75 Å². The number of imidazole rings is 1. The first-order valence-electron chi connectivity index (χ1n) is 9.71. The first-order valence-corrected chi connectivity index (χ1v) is 9.71. The molecule has 2 N–H and O–H groups in total. The Bertz CT molecular complexity index is 990. The average molecular weight is 394 g/mol. The SMILES string of the molecule is CCOc1ccc(NC(=O)N[C@H]2c3ccccc3CC[C@@H]2n2ccnc2)cc1F. The summed E-state index contributed by atoms with van der Waals surface area (Å²) in [6, 6.07) is 12.0. The summed E-state index contributed by atoms with van der Waals surface area (Å²) >= 11 is 0. The Morgan fingerprint density at radius 1 is 1.31 bits per heavy atom. The Balaban J connectivity index is 1.54. The van der Waals surface area contributed by atoms with Crippen molar-refractivity contribution in [1.29, 1.82) is 0 Å². The van der Waals surface area contributed by atoms with E-state index < -0.39 is 5.82 Å². The molecule has 0 saturated heterocycles. The molecule has 7 heteroatoms. The van der Waals surface area contributed by atoms with Crippen molar-refractivity contribution in [3.05, 3.63) is 78.1 Å². The van der Waals surface area contributed by atoms with Gasteiger partial charge < -0.3 is 19.9 Å². The van der Waals surface area contributed by atoms with E-state index in [9.17, 15) is 9.18 Å². The molecule has 2 atom stereocenters. The van der Waals surface area contributed by atoms with Crippen molar-refractivity contribution < 1.29 is 13.9 Å². The summed E-state index contributed by atoms with van der Waals surface area (Å²) in [5.74, 6) is -0.344. The number of hydrogen-bond donors (Lipinski definition) is 2. The second-order valence-electron chi connectivity index (χ2n) is 6.97. The zero-order valence-corrected chi connectivity index (χ0v) is 16.1. The molecule has 0 radical (unpaired) electrons. The third-order valence-electron chi connectivity index (χ3n) is 5.17. The van der Waals surface area contributed by atoms with Gasteiger partial charge in [0.05, 0.1) is 25.0 Å². The summed E-state index contributed by atoms with van der Waals surface area (Å²) in [7, 11) is 0. The van der Waals surface area contributed by atoms with E-state index in [2.05, 4.69) is 21.7 Å². The van der Waals surface area contributed by atoms with Gasteiger partial charge in [-0.25, -0.2) is 14.2 Å². The summed E-state index contributed by atoms with van der Waals surface area (Å²) in [5.41, 5.74) is 2.68. The summed E-state index contributed by atoms with van der Waals surface area (Å²) in [4.78, 5) is 16.9. The highest BCUT2D eigenvalue weighted by molar-refractivity contribution is 5.89. The van der Waals surface area contributed by atoms with Crippen molar-refractivity contribution >= 4 is 11.7 Å². The quantitative estimate of drug-likeness (QED) is 0.671. The number of nitrogens with one attached hydrogen (secondary N) is 2. The predicted molar refractivity (Wildman–Crippen MR) is 108 cm³/mol. The molecular formula is C22H23FN4O2. The van der Waals surface area contributed by atoms with E-state index in [4.69, 9.17) is 4.74 Å². The fourth-order valence-corrected chi connectivity index (χ4v) is 3.86. The molecule has 1 heterocycles. The number of nitrogens with zero attached hydrogens (tertiary/aromatic N) is 2. The Morgan fingerprint density at radius 2 is 2.17 bits per heavy atom. The number of amides is 2. The number of ether oxygens (including phenoxy) is 1. The number of benzene rings is 2. The summed E-state index contributed by atoms with van der Waals surface area (Å²) in [6.07, 6.45) is 7.24. The maximum absolute atomic E-state index is 14.1. The molecule has 3 aromatic rings. The second-order valence-corrected chi connectivity index (χ2v) is 6.97. The highest BCUT2D eigenvalue weighted by atomic mass is 19.1. The fourth-order valence-electron chi connectivity index (χ4n) is 3.86. The molecule has 1 aliphatic carbocycles. The van der Waals surface area contributed by atoms with E-state index in [1.165, 1.54) is 17.7 Å². The zero-order chi connectivity index (χ0) is 20.2. The minimum Gasteiger partial charge on any atom is -0.491 e. The summed E-state index contributed by atoms with van der Waals surface area (Å²) in [6.45, 7) is 2.17. The first kappa shape index (κ1) is 19.0. The smallest absolute Gasteiger partial charge is 0.319 e. The molecule has 0 spiro atoms. The van der Waals surface area contributed by atoms with Gasteiger partial charge in [0.15, 0.2) is 11.6 Å². The highest BCUT2D eigenvalue weighted by Gasteiger charge is 2.31. The molecule has 29 heavy (non-hydrogen) atoms. The monoisotopic (exact) mass is 394 g/mol. The van der Waals surface area contributed by atoms with Crippen molar-refractivity contribution in [2.75, 3.05) is 11.9 Å². The molecule has 0 aliphatic heterocycles. The molecule has 0 bridgehead atoms. The Morgan fingerprint density at radius 3 is 2.93 bits per heavy atom. The molecule has 6 nitrogen and oxygen atoms in total. The first-order chi connectivity index (χ1) is 14.2. The van der Waals surface area contributed by atoms with Crippen LogP contribution in [0.3, 0.4) is 0 Å². The molecule has 0 fully saturated rings. The number of anilines is 1. The van der Waals surface area contributed by atoms with Gasteiger partial charge in [0.2, 0.25) is 0 Å². The topological polar surface area (TPSA) is 68.2 Å². The van der Waals surface area contributed by atoms with E-state index in [0.717, 1.165) is 18.4 Å². The lowest BCUT2D eigenvalue weighted by molar-refractivity contribution is 0.239. The van der Waals surface area contributed by atoms with Gasteiger partial charge in [-0.05, 0) is 43.0 Å². The van der Waals surface area contributed by atoms with E-state index in [1.54, 1.807) is 25.5 Å². The Labute approximate surface area is 168 Å². The summed E-state index contributed by atoms with van der Waals surface area (Å²) < 4.78 is 21.3. The number of halogens is 1. The largest absolute Gasteiger partial charge is 0.491 e. The Kier molecular flexibility index (Phi) is 5.46. The van der Waals surface area contributed by atoms with Crippen LogP contribution in [0.1, 0.15) is 36.6 Å². The Hall–Kier alpha value is -3.35. The minimum atomic E-state index is -0.510. The van der Waals surface area contributed by atoms with E-state index >= 15 is 0 Å². The molecular weight excluding hydrogens is 371 g/mol. The number of urea groups is 1. The maximum atomic E-state index is 14.1. The van der Waals surface area contributed by atoms with E-state index in [-0.39, 0.29) is 23.9 Å². The molecule has 0 unspecified atom stereocenters. The molecule has 1 aliphatic rings. The third-order valence-corrected chi connectivity index (χ3v) is 5.17. The number of aryl methyl sites for hydroxylation is 1. The number of rotatable bonds is 5. The van der Waals surface area contributed by atoms with Gasteiger partial charge >= 0.3 is 6.03 Å². The van der Waals surface area contributed by atoms with Crippen LogP contribution in [0.15, 0.2) is 61.2 Å². The molecule has 2 amide bonds. The fraction of sp³-hybridized carbons (Fsp3) is 0.273. The predicted octanol–water partition coefficient (Wildman–Crippen LogP) is 4.47. The van der Waals surface area contributed by atoms with E-state index in [0.29, 0.717) is 12.3 Å². The van der Waals surface area contributed by atoms with Crippen LogP contribution < -0.4 is 15.4 Å². The van der Waals surface area contributed by atoms with Crippen LogP contribution in [-0.4, -0.2) is 22.2 Å². The molecule has 1 aromatic heterocycles. The standard InChI is InChI=1S/C22H23FN4O2/c1-2-29-20-10-8-16(13-18(20)23)25-22(28)26-21-17-6-4-3-5-15(17)7-9-19(21)27-12-11-24-14-27/h3-6,8,10-14,19,21H,2,7,9H2,1H3,(H2,25,26,28)/t19-,21-/m0/s1. The number of carbonyl (C=O) groups excluding carboxylic acids is 1. The molecule has 150 valence electrons. The van der Waals surface area contributed by atoms with Gasteiger partial charge in [-0.15, -0.1) is 0 Å². The van der Waals surface area contributed by atoms with Crippen molar-refractivity contribution in [3.63, 3.8) is 0 Å². The number of carbonyl (C=O) groups is 1. The maximum Gasteiger partial charge on any atom is 0.319 e. The van der Waals surface area contributed by atoms with E-state index in [1.807, 2.05) is 29.0 Å². The minimum absolute atomic E-state index is 0.0511. The van der Waals surface area contributed by atoms with Gasteiger partial charge in [-0.3, -0.25) is 0 Å². The van der Waals surface area contributed by atoms with Gasteiger partial charge in [-0.2, -0.15) is 0 Å². The summed E-state index contributed by atoms with van der Waals surface area (Å²) in [5, 5.41) is 5.79. The second kappa shape index (κ2) is 8.34. The van der Waals surface area contributed by atoms with Crippen LogP contribution in [0.25, 0.3) is 0 Å². The lowest BCUT2D eigenvalue weighted by Gasteiger charge is -2.35. The van der Waals surface area contributed by atoms with Crippen molar-refractivity contribution in [2.24, 2.45) is 0 Å². The van der Waals surface area contributed by atoms with Crippen molar-refractivity contribution in [1.82, 2.24) is 14.9 Å². The van der Waals surface area contributed by atoms with Crippen LogP contribution in [-0.2, 0) is 6.42 Å². The third kappa shape index (κ3) is 4.08. The average Bonchev–Trinajstić information content (AvgIpc) is 3.25.